The summed E-state index contributed by atoms with van der Waals surface area (Å²) in [5, 5.41) is 12.9. The number of anilines is 1. The quantitative estimate of drug-likeness (QED) is 0.371. The van der Waals surface area contributed by atoms with Gasteiger partial charge >= 0.3 is 5.97 Å². The molecule has 0 amide bonds. The number of thioether (sulfide) groups is 1. The fourth-order valence-corrected chi connectivity index (χ4v) is 2.56. The molecule has 0 aromatic heterocycles. The molecule has 0 saturated carbocycles. The van der Waals surface area contributed by atoms with Gasteiger partial charge in [0.25, 0.3) is 0 Å². The normalized spacial score (nSPS) is 11.2. The van der Waals surface area contributed by atoms with Crippen LogP contribution in [0, 0.1) is 11.6 Å². The summed E-state index contributed by atoms with van der Waals surface area (Å²) in [6.45, 7) is 1.25. The Kier molecular flexibility index (Phi) is 5.64. The van der Waals surface area contributed by atoms with Crippen molar-refractivity contribution in [1.82, 2.24) is 0 Å². The van der Waals surface area contributed by atoms with Gasteiger partial charge in [0.1, 0.15) is 5.82 Å². The maximum atomic E-state index is 13.6. The Morgan fingerprint density at radius 1 is 1.17 bits per heavy atom. The molecule has 124 valence electrons. The van der Waals surface area contributed by atoms with E-state index in [0.717, 1.165) is 23.9 Å². The van der Waals surface area contributed by atoms with E-state index in [0.29, 0.717) is 11.0 Å². The van der Waals surface area contributed by atoms with Crippen molar-refractivity contribution >= 4 is 34.2 Å². The Labute approximate surface area is 140 Å². The van der Waals surface area contributed by atoms with Crippen molar-refractivity contribution in [3.63, 3.8) is 0 Å². The van der Waals surface area contributed by atoms with E-state index < -0.39 is 23.4 Å². The van der Waals surface area contributed by atoms with Crippen LogP contribution in [0.4, 0.5) is 14.5 Å². The van der Waals surface area contributed by atoms with E-state index in [-0.39, 0.29) is 16.3 Å². The maximum Gasteiger partial charge on any atom is 0.336 e. The minimum Gasteiger partial charge on any atom is -0.478 e. The van der Waals surface area contributed by atoms with Gasteiger partial charge in [-0.15, -0.1) is 0 Å². The van der Waals surface area contributed by atoms with Crippen LogP contribution in [0.3, 0.4) is 0 Å². The lowest BCUT2D eigenvalue weighted by atomic mass is 10.2. The van der Waals surface area contributed by atoms with E-state index in [1.165, 1.54) is 19.1 Å². The van der Waals surface area contributed by atoms with Gasteiger partial charge in [0.2, 0.25) is 0 Å². The Hall–Kier alpha value is -2.74. The molecule has 0 radical (unpaired) electrons. The van der Waals surface area contributed by atoms with Crippen molar-refractivity contribution in [1.29, 1.82) is 0 Å². The van der Waals surface area contributed by atoms with Crippen molar-refractivity contribution in [2.45, 2.75) is 11.8 Å². The van der Waals surface area contributed by atoms with E-state index in [1.807, 2.05) is 0 Å². The van der Waals surface area contributed by atoms with E-state index in [4.69, 9.17) is 5.11 Å². The predicted molar refractivity (Wildman–Crippen MR) is 87.4 cm³/mol. The molecule has 2 aromatic carbocycles. The van der Waals surface area contributed by atoms with Gasteiger partial charge in [-0.2, -0.15) is 5.10 Å². The largest absolute Gasteiger partial charge is 0.478 e. The average Bonchev–Trinajstić information content (AvgIpc) is 2.52. The zero-order valence-corrected chi connectivity index (χ0v) is 13.2. The number of carbonyl (C=O) groups excluding carboxylic acids is 1. The van der Waals surface area contributed by atoms with E-state index in [2.05, 4.69) is 10.5 Å². The van der Waals surface area contributed by atoms with Gasteiger partial charge < -0.3 is 5.11 Å². The number of carboxylic acids is 1. The van der Waals surface area contributed by atoms with Gasteiger partial charge in [0.05, 0.1) is 11.3 Å². The van der Waals surface area contributed by atoms with Crippen molar-refractivity contribution in [2.75, 3.05) is 5.43 Å². The standard InChI is InChI=1S/C16H12F2N2O3S/c1-9(21)15(20-19-13-7-6-10(17)8-12(13)18)24-14-5-3-2-4-11(14)16(22)23/h2-8,19H,1H3,(H,22,23)/b20-15-. The molecule has 2 N–H and O–H groups in total. The summed E-state index contributed by atoms with van der Waals surface area (Å²) in [4.78, 5) is 23.2. The fraction of sp³-hybridized carbons (Fsp3) is 0.0625. The molecule has 0 aliphatic rings. The lowest BCUT2D eigenvalue weighted by Crippen LogP contribution is -2.10. The van der Waals surface area contributed by atoms with Crippen molar-refractivity contribution in [3.8, 4) is 0 Å². The molecule has 0 heterocycles. The third-order valence-electron chi connectivity index (χ3n) is 2.83. The average molecular weight is 350 g/mol. The van der Waals surface area contributed by atoms with Gasteiger partial charge in [0.15, 0.2) is 16.6 Å². The minimum atomic E-state index is -1.14. The highest BCUT2D eigenvalue weighted by Crippen LogP contribution is 2.25. The number of benzene rings is 2. The Bertz CT molecular complexity index is 825. The smallest absolute Gasteiger partial charge is 0.336 e. The molecule has 0 unspecified atom stereocenters. The van der Waals surface area contributed by atoms with Crippen LogP contribution >= 0.6 is 11.8 Å². The van der Waals surface area contributed by atoms with Crippen LogP contribution < -0.4 is 5.43 Å². The molecule has 2 aromatic rings. The summed E-state index contributed by atoms with van der Waals surface area (Å²) in [5.74, 6) is -3.18. The Morgan fingerprint density at radius 3 is 2.50 bits per heavy atom. The van der Waals surface area contributed by atoms with Crippen molar-refractivity contribution in [3.05, 3.63) is 59.7 Å². The SMILES string of the molecule is CC(=O)/C(=N/Nc1ccc(F)cc1F)Sc1ccccc1C(=O)O. The molecule has 8 heteroatoms. The number of rotatable bonds is 5. The number of ketones is 1. The van der Waals surface area contributed by atoms with E-state index >= 15 is 0 Å². The molecule has 2 rings (SSSR count). The van der Waals surface area contributed by atoms with Gasteiger partial charge in [0, 0.05) is 17.9 Å². The molecule has 0 aliphatic carbocycles. The fourth-order valence-electron chi connectivity index (χ4n) is 1.70. The summed E-state index contributed by atoms with van der Waals surface area (Å²) in [7, 11) is 0. The molecular formula is C16H12F2N2O3S. The highest BCUT2D eigenvalue weighted by atomic mass is 32.2. The van der Waals surface area contributed by atoms with Crippen molar-refractivity contribution < 1.29 is 23.5 Å². The molecule has 5 nitrogen and oxygen atoms in total. The Balaban J connectivity index is 2.27. The molecule has 24 heavy (non-hydrogen) atoms. The monoisotopic (exact) mass is 350 g/mol. The van der Waals surface area contributed by atoms with Crippen LogP contribution in [-0.2, 0) is 4.79 Å². The summed E-state index contributed by atoms with van der Waals surface area (Å²) in [6.07, 6.45) is 0. The highest BCUT2D eigenvalue weighted by Gasteiger charge is 2.15. The van der Waals surface area contributed by atoms with Crippen LogP contribution in [0.15, 0.2) is 52.5 Å². The molecule has 0 bridgehead atoms. The van der Waals surface area contributed by atoms with Crippen LogP contribution in [0.2, 0.25) is 0 Å². The second kappa shape index (κ2) is 7.69. The van der Waals surface area contributed by atoms with Gasteiger partial charge in [-0.25, -0.2) is 13.6 Å². The molecular weight excluding hydrogens is 338 g/mol. The van der Waals surface area contributed by atoms with Crippen LogP contribution in [-0.4, -0.2) is 21.9 Å². The second-order valence-electron chi connectivity index (χ2n) is 4.61. The van der Waals surface area contributed by atoms with Gasteiger partial charge in [-0.1, -0.05) is 23.9 Å². The first-order valence-corrected chi connectivity index (χ1v) is 7.50. The Morgan fingerprint density at radius 2 is 1.88 bits per heavy atom. The number of hydrogen-bond donors (Lipinski definition) is 2. The number of aromatic carboxylic acids is 1. The minimum absolute atomic E-state index is 0.0180. The number of halogens is 2. The third-order valence-corrected chi connectivity index (χ3v) is 3.98. The molecule has 0 spiro atoms. The number of carbonyl (C=O) groups is 2. The van der Waals surface area contributed by atoms with Gasteiger partial charge in [-0.3, -0.25) is 10.2 Å². The number of hydrogen-bond acceptors (Lipinski definition) is 5. The van der Waals surface area contributed by atoms with E-state index in [1.54, 1.807) is 12.1 Å². The van der Waals surface area contributed by atoms with Gasteiger partial charge in [-0.05, 0) is 24.3 Å². The van der Waals surface area contributed by atoms with Crippen LogP contribution in [0.25, 0.3) is 0 Å². The van der Waals surface area contributed by atoms with Crippen LogP contribution in [0.5, 0.6) is 0 Å². The zero-order chi connectivity index (χ0) is 17.7. The third kappa shape index (κ3) is 4.39. The molecule has 0 saturated heterocycles. The number of carboxylic acid groups (broad SMARTS) is 1. The van der Waals surface area contributed by atoms with E-state index in [9.17, 15) is 18.4 Å². The summed E-state index contributed by atoms with van der Waals surface area (Å²) in [6, 6.07) is 8.98. The number of nitrogens with zero attached hydrogens (tertiary/aromatic N) is 1. The highest BCUT2D eigenvalue weighted by molar-refractivity contribution is 8.15. The number of hydrazone groups is 1. The predicted octanol–water partition coefficient (Wildman–Crippen LogP) is 3.77. The maximum absolute atomic E-state index is 13.6. The first kappa shape index (κ1) is 17.6. The first-order valence-electron chi connectivity index (χ1n) is 6.68. The topological polar surface area (TPSA) is 78.8 Å². The lowest BCUT2D eigenvalue weighted by Gasteiger charge is -2.07. The molecule has 0 atom stereocenters. The zero-order valence-electron chi connectivity index (χ0n) is 12.4. The number of nitrogens with one attached hydrogen (secondary N) is 1. The molecule has 0 aliphatic heterocycles. The van der Waals surface area contributed by atoms with Crippen LogP contribution in [0.1, 0.15) is 17.3 Å². The molecule has 0 fully saturated rings. The first-order chi connectivity index (χ1) is 11.4. The van der Waals surface area contributed by atoms with Crippen molar-refractivity contribution in [2.24, 2.45) is 5.10 Å². The lowest BCUT2D eigenvalue weighted by molar-refractivity contribution is -0.110. The summed E-state index contributed by atoms with van der Waals surface area (Å²) < 4.78 is 26.4. The number of Topliss-reactive ketones (excluding diaryl/α,β-unsaturated/α-hetero) is 1. The second-order valence-corrected chi connectivity index (χ2v) is 5.64. The summed E-state index contributed by atoms with van der Waals surface area (Å²) >= 11 is 0.841. The summed E-state index contributed by atoms with van der Waals surface area (Å²) in [5.41, 5.74) is 2.26.